The lowest BCUT2D eigenvalue weighted by atomic mass is 10.0. The molecule has 0 aliphatic heterocycles. The number of halogens is 1. The minimum absolute atomic E-state index is 0.0121. The standard InChI is InChI=1S/C15H22ClNO/c1-10(2)14(7-8-16)17-15(18)13-6-5-11(3)12(4)9-13/h5-6,9-10,14H,7-8H2,1-4H3,(H,17,18). The Morgan fingerprint density at radius 2 is 1.94 bits per heavy atom. The van der Waals surface area contributed by atoms with E-state index in [1.54, 1.807) is 0 Å². The summed E-state index contributed by atoms with van der Waals surface area (Å²) in [5.41, 5.74) is 3.06. The van der Waals surface area contributed by atoms with Crippen LogP contribution in [0.1, 0.15) is 41.8 Å². The minimum atomic E-state index is -0.0121. The molecule has 1 rings (SSSR count). The molecular weight excluding hydrogens is 246 g/mol. The minimum Gasteiger partial charge on any atom is -0.349 e. The number of aryl methyl sites for hydroxylation is 2. The lowest BCUT2D eigenvalue weighted by molar-refractivity contribution is 0.0925. The highest BCUT2D eigenvalue weighted by molar-refractivity contribution is 6.17. The van der Waals surface area contributed by atoms with Gasteiger partial charge in [-0.1, -0.05) is 19.9 Å². The summed E-state index contributed by atoms with van der Waals surface area (Å²) >= 11 is 5.76. The molecule has 0 fully saturated rings. The van der Waals surface area contributed by atoms with Crippen LogP contribution in [0.25, 0.3) is 0 Å². The summed E-state index contributed by atoms with van der Waals surface area (Å²) in [5, 5.41) is 3.06. The first-order chi connectivity index (χ1) is 8.45. The van der Waals surface area contributed by atoms with Crippen molar-refractivity contribution >= 4 is 17.5 Å². The van der Waals surface area contributed by atoms with Crippen LogP contribution in [0.5, 0.6) is 0 Å². The fourth-order valence-corrected chi connectivity index (χ4v) is 2.06. The van der Waals surface area contributed by atoms with Gasteiger partial charge in [0.2, 0.25) is 0 Å². The van der Waals surface area contributed by atoms with E-state index in [2.05, 4.69) is 19.2 Å². The van der Waals surface area contributed by atoms with Crippen molar-refractivity contribution in [2.45, 2.75) is 40.2 Å². The zero-order valence-electron chi connectivity index (χ0n) is 11.6. The highest BCUT2D eigenvalue weighted by atomic mass is 35.5. The first-order valence-corrected chi connectivity index (χ1v) is 6.93. The predicted octanol–water partition coefficient (Wildman–Crippen LogP) is 3.69. The van der Waals surface area contributed by atoms with Gasteiger partial charge in [0.05, 0.1) is 0 Å². The Kier molecular flexibility index (Phi) is 5.67. The van der Waals surface area contributed by atoms with Gasteiger partial charge in [-0.05, 0) is 49.4 Å². The molecule has 1 N–H and O–H groups in total. The van der Waals surface area contributed by atoms with Gasteiger partial charge in [0.25, 0.3) is 5.91 Å². The lowest BCUT2D eigenvalue weighted by Gasteiger charge is -2.21. The Hall–Kier alpha value is -1.02. The zero-order chi connectivity index (χ0) is 13.7. The molecule has 1 atom stereocenters. The molecule has 1 aromatic rings. The lowest BCUT2D eigenvalue weighted by Crippen LogP contribution is -2.38. The van der Waals surface area contributed by atoms with Crippen LogP contribution < -0.4 is 5.32 Å². The normalized spacial score (nSPS) is 12.6. The maximum absolute atomic E-state index is 12.1. The number of carbonyl (C=O) groups is 1. The molecule has 0 aliphatic carbocycles. The van der Waals surface area contributed by atoms with Crippen molar-refractivity contribution in [2.24, 2.45) is 5.92 Å². The van der Waals surface area contributed by atoms with Gasteiger partial charge in [-0.2, -0.15) is 0 Å². The number of rotatable bonds is 5. The number of amides is 1. The quantitative estimate of drug-likeness (QED) is 0.810. The molecule has 0 radical (unpaired) electrons. The molecule has 18 heavy (non-hydrogen) atoms. The average molecular weight is 268 g/mol. The predicted molar refractivity (Wildman–Crippen MR) is 77.3 cm³/mol. The Morgan fingerprint density at radius 1 is 1.28 bits per heavy atom. The van der Waals surface area contributed by atoms with E-state index < -0.39 is 0 Å². The van der Waals surface area contributed by atoms with Crippen LogP contribution in [0.3, 0.4) is 0 Å². The second-order valence-electron chi connectivity index (χ2n) is 5.10. The van der Waals surface area contributed by atoms with Crippen molar-refractivity contribution in [3.8, 4) is 0 Å². The summed E-state index contributed by atoms with van der Waals surface area (Å²) in [4.78, 5) is 12.1. The molecule has 0 heterocycles. The Bertz CT molecular complexity index is 415. The largest absolute Gasteiger partial charge is 0.349 e. The first-order valence-electron chi connectivity index (χ1n) is 6.39. The van der Waals surface area contributed by atoms with E-state index in [1.165, 1.54) is 5.56 Å². The average Bonchev–Trinajstić information content (AvgIpc) is 2.31. The third-order valence-electron chi connectivity index (χ3n) is 3.31. The number of benzene rings is 1. The van der Waals surface area contributed by atoms with Gasteiger partial charge in [-0.25, -0.2) is 0 Å². The number of hydrogen-bond donors (Lipinski definition) is 1. The fourth-order valence-electron chi connectivity index (χ4n) is 1.82. The fraction of sp³-hybridized carbons (Fsp3) is 0.533. The van der Waals surface area contributed by atoms with Gasteiger partial charge < -0.3 is 5.32 Å². The van der Waals surface area contributed by atoms with E-state index >= 15 is 0 Å². The summed E-state index contributed by atoms with van der Waals surface area (Å²) < 4.78 is 0. The number of nitrogens with one attached hydrogen (secondary N) is 1. The van der Waals surface area contributed by atoms with Crippen LogP contribution >= 0.6 is 11.6 Å². The third-order valence-corrected chi connectivity index (χ3v) is 3.53. The van der Waals surface area contributed by atoms with Crippen LogP contribution in [-0.4, -0.2) is 17.8 Å². The van der Waals surface area contributed by atoms with Gasteiger partial charge in [0, 0.05) is 17.5 Å². The van der Waals surface area contributed by atoms with E-state index in [4.69, 9.17) is 11.6 Å². The molecule has 0 saturated heterocycles. The second kappa shape index (κ2) is 6.79. The van der Waals surface area contributed by atoms with Crippen molar-refractivity contribution in [2.75, 3.05) is 5.88 Å². The van der Waals surface area contributed by atoms with Crippen molar-refractivity contribution in [3.63, 3.8) is 0 Å². The topological polar surface area (TPSA) is 29.1 Å². The van der Waals surface area contributed by atoms with Crippen LogP contribution in [0.2, 0.25) is 0 Å². The van der Waals surface area contributed by atoms with Crippen LogP contribution in [-0.2, 0) is 0 Å². The van der Waals surface area contributed by atoms with Gasteiger partial charge >= 0.3 is 0 Å². The smallest absolute Gasteiger partial charge is 0.251 e. The van der Waals surface area contributed by atoms with Crippen molar-refractivity contribution in [1.82, 2.24) is 5.32 Å². The highest BCUT2D eigenvalue weighted by Crippen LogP contribution is 2.12. The van der Waals surface area contributed by atoms with Crippen LogP contribution in [0, 0.1) is 19.8 Å². The molecule has 0 aromatic heterocycles. The second-order valence-corrected chi connectivity index (χ2v) is 5.48. The van der Waals surface area contributed by atoms with E-state index in [9.17, 15) is 4.79 Å². The van der Waals surface area contributed by atoms with Crippen molar-refractivity contribution in [3.05, 3.63) is 34.9 Å². The molecule has 1 aromatic carbocycles. The molecule has 0 bridgehead atoms. The van der Waals surface area contributed by atoms with E-state index in [0.29, 0.717) is 11.8 Å². The highest BCUT2D eigenvalue weighted by Gasteiger charge is 2.16. The number of hydrogen-bond acceptors (Lipinski definition) is 1. The molecule has 1 unspecified atom stereocenters. The van der Waals surface area contributed by atoms with Crippen LogP contribution in [0.15, 0.2) is 18.2 Å². The number of alkyl halides is 1. The molecule has 1 amide bonds. The maximum atomic E-state index is 12.1. The van der Waals surface area contributed by atoms with Crippen LogP contribution in [0.4, 0.5) is 0 Å². The summed E-state index contributed by atoms with van der Waals surface area (Å²) in [7, 11) is 0. The Labute approximate surface area is 115 Å². The summed E-state index contributed by atoms with van der Waals surface area (Å²) in [5.74, 6) is 0.942. The molecular formula is C15H22ClNO. The van der Waals surface area contributed by atoms with Gasteiger partial charge in [0.15, 0.2) is 0 Å². The summed E-state index contributed by atoms with van der Waals surface area (Å²) in [6.07, 6.45) is 0.801. The Balaban J connectivity index is 2.77. The number of carbonyl (C=O) groups excluding carboxylic acids is 1. The monoisotopic (exact) mass is 267 g/mol. The zero-order valence-corrected chi connectivity index (χ0v) is 12.3. The van der Waals surface area contributed by atoms with Crippen molar-refractivity contribution < 1.29 is 4.79 Å². The molecule has 3 heteroatoms. The third kappa shape index (κ3) is 4.02. The van der Waals surface area contributed by atoms with Gasteiger partial charge in [0.1, 0.15) is 0 Å². The van der Waals surface area contributed by atoms with E-state index in [1.807, 2.05) is 32.0 Å². The molecule has 0 spiro atoms. The summed E-state index contributed by atoms with van der Waals surface area (Å²) in [6, 6.07) is 5.92. The maximum Gasteiger partial charge on any atom is 0.251 e. The molecule has 100 valence electrons. The van der Waals surface area contributed by atoms with E-state index in [0.717, 1.165) is 17.5 Å². The first kappa shape index (κ1) is 15.0. The Morgan fingerprint density at radius 3 is 2.44 bits per heavy atom. The van der Waals surface area contributed by atoms with Crippen molar-refractivity contribution in [1.29, 1.82) is 0 Å². The van der Waals surface area contributed by atoms with E-state index in [-0.39, 0.29) is 11.9 Å². The van der Waals surface area contributed by atoms with Gasteiger partial charge in [-0.3, -0.25) is 4.79 Å². The SMILES string of the molecule is Cc1ccc(C(=O)NC(CCCl)C(C)C)cc1C. The molecule has 0 aliphatic rings. The molecule has 2 nitrogen and oxygen atoms in total. The summed E-state index contributed by atoms with van der Waals surface area (Å²) in [6.45, 7) is 8.25. The molecule has 0 saturated carbocycles. The van der Waals surface area contributed by atoms with Gasteiger partial charge in [-0.15, -0.1) is 11.6 Å².